The summed E-state index contributed by atoms with van der Waals surface area (Å²) in [4.78, 5) is 25.5. The van der Waals surface area contributed by atoms with Gasteiger partial charge in [-0.3, -0.25) is 9.59 Å². The molecule has 0 bridgehead atoms. The van der Waals surface area contributed by atoms with Crippen LogP contribution in [0.5, 0.6) is 0 Å². The van der Waals surface area contributed by atoms with Crippen molar-refractivity contribution in [2.75, 3.05) is 5.32 Å². The minimum atomic E-state index is -0.481. The number of carbonyl (C=O) groups excluding carboxylic acids is 2. The van der Waals surface area contributed by atoms with Gasteiger partial charge in [0, 0.05) is 11.0 Å². The second kappa shape index (κ2) is 7.72. The predicted molar refractivity (Wildman–Crippen MR) is 109 cm³/mol. The maximum Gasteiger partial charge on any atom is 0.251 e. The highest BCUT2D eigenvalue weighted by molar-refractivity contribution is 7.17. The quantitative estimate of drug-likeness (QED) is 0.710. The predicted octanol–water partition coefficient (Wildman–Crippen LogP) is 4.63. The van der Waals surface area contributed by atoms with Gasteiger partial charge in [0.25, 0.3) is 5.91 Å². The number of anilines is 1. The summed E-state index contributed by atoms with van der Waals surface area (Å²) in [6.07, 6.45) is 8.44. The van der Waals surface area contributed by atoms with Crippen molar-refractivity contribution < 1.29 is 14.0 Å². The first-order chi connectivity index (χ1) is 12.8. The summed E-state index contributed by atoms with van der Waals surface area (Å²) >= 11 is 1.48. The van der Waals surface area contributed by atoms with Crippen LogP contribution in [0.4, 0.5) is 5.00 Å². The molecule has 0 radical (unpaired) electrons. The van der Waals surface area contributed by atoms with Crippen LogP contribution in [0.3, 0.4) is 0 Å². The number of furan rings is 1. The third-order valence-corrected chi connectivity index (χ3v) is 6.88. The van der Waals surface area contributed by atoms with Gasteiger partial charge >= 0.3 is 0 Å². The number of amides is 2. The first-order valence-corrected chi connectivity index (χ1v) is 10.1. The molecule has 27 heavy (non-hydrogen) atoms. The van der Waals surface area contributed by atoms with Crippen LogP contribution in [0.2, 0.25) is 0 Å². The largest absolute Gasteiger partial charge is 0.465 e. The molecule has 0 saturated carbocycles. The summed E-state index contributed by atoms with van der Waals surface area (Å²) in [6.45, 7) is 6.82. The lowest BCUT2D eigenvalue weighted by atomic mass is 9.69. The lowest BCUT2D eigenvalue weighted by Crippen LogP contribution is -2.29. The second-order valence-electron chi connectivity index (χ2n) is 7.69. The van der Waals surface area contributed by atoms with E-state index in [9.17, 15) is 9.59 Å². The zero-order chi connectivity index (χ0) is 19.6. The van der Waals surface area contributed by atoms with E-state index in [1.165, 1.54) is 22.3 Å². The van der Waals surface area contributed by atoms with Crippen LogP contribution in [-0.4, -0.2) is 11.8 Å². The number of fused-ring (bicyclic) bond motifs is 1. The van der Waals surface area contributed by atoms with Crippen molar-refractivity contribution >= 4 is 34.2 Å². The third kappa shape index (κ3) is 4.16. The molecule has 144 valence electrons. The van der Waals surface area contributed by atoms with Gasteiger partial charge in [-0.2, -0.15) is 0 Å². The fraction of sp³-hybridized carbons (Fsp3) is 0.429. The summed E-state index contributed by atoms with van der Waals surface area (Å²) < 4.78 is 5.18. The average Bonchev–Trinajstić information content (AvgIpc) is 3.26. The van der Waals surface area contributed by atoms with Crippen LogP contribution in [0, 0.1) is 11.3 Å². The van der Waals surface area contributed by atoms with E-state index in [1.807, 2.05) is 0 Å². The van der Waals surface area contributed by atoms with E-state index in [0.717, 1.165) is 31.2 Å². The Morgan fingerprint density at radius 2 is 2.22 bits per heavy atom. The lowest BCUT2D eigenvalue weighted by molar-refractivity contribution is -0.111. The van der Waals surface area contributed by atoms with Gasteiger partial charge in [-0.15, -0.1) is 11.3 Å². The van der Waals surface area contributed by atoms with Crippen molar-refractivity contribution in [2.24, 2.45) is 17.1 Å². The molecule has 0 aromatic carbocycles. The summed E-state index contributed by atoms with van der Waals surface area (Å²) in [5.41, 5.74) is 7.38. The normalized spacial score (nSPS) is 17.1. The van der Waals surface area contributed by atoms with Crippen molar-refractivity contribution in [3.8, 4) is 0 Å². The number of nitrogens with two attached hydrogens (primary N) is 1. The zero-order valence-corrected chi connectivity index (χ0v) is 16.8. The number of rotatable bonds is 6. The van der Waals surface area contributed by atoms with Gasteiger partial charge in [-0.1, -0.05) is 27.2 Å². The topological polar surface area (TPSA) is 85.3 Å². The highest BCUT2D eigenvalue weighted by Gasteiger charge is 2.34. The zero-order valence-electron chi connectivity index (χ0n) is 16.0. The van der Waals surface area contributed by atoms with Crippen LogP contribution in [0.1, 0.15) is 60.2 Å². The SMILES string of the molecule is CCC(C)(C)C1CCc2c(sc(NC(=O)C=Cc3ccco3)c2C(N)=O)C1. The maximum atomic E-state index is 12.3. The van der Waals surface area contributed by atoms with Gasteiger partial charge < -0.3 is 15.5 Å². The van der Waals surface area contributed by atoms with Crippen LogP contribution >= 0.6 is 11.3 Å². The van der Waals surface area contributed by atoms with Gasteiger partial charge in [0.2, 0.25) is 5.91 Å². The third-order valence-electron chi connectivity index (χ3n) is 5.71. The molecular weight excluding hydrogens is 360 g/mol. The Labute approximate surface area is 163 Å². The van der Waals surface area contributed by atoms with Crippen molar-refractivity contribution in [2.45, 2.75) is 46.5 Å². The fourth-order valence-electron chi connectivity index (χ4n) is 3.59. The Kier molecular flexibility index (Phi) is 5.56. The summed E-state index contributed by atoms with van der Waals surface area (Å²) in [7, 11) is 0. The number of nitrogens with one attached hydrogen (secondary N) is 1. The van der Waals surface area contributed by atoms with Gasteiger partial charge in [0.1, 0.15) is 10.8 Å². The number of hydrogen-bond acceptors (Lipinski definition) is 4. The van der Waals surface area contributed by atoms with Crippen molar-refractivity contribution in [1.82, 2.24) is 0 Å². The summed E-state index contributed by atoms with van der Waals surface area (Å²) in [6, 6.07) is 3.52. The highest BCUT2D eigenvalue weighted by atomic mass is 32.1. The Balaban J connectivity index is 1.82. The van der Waals surface area contributed by atoms with E-state index < -0.39 is 5.91 Å². The molecule has 0 spiro atoms. The van der Waals surface area contributed by atoms with E-state index in [1.54, 1.807) is 24.5 Å². The smallest absolute Gasteiger partial charge is 0.251 e. The maximum absolute atomic E-state index is 12.3. The van der Waals surface area contributed by atoms with E-state index in [0.29, 0.717) is 22.2 Å². The molecule has 1 atom stereocenters. The van der Waals surface area contributed by atoms with Crippen molar-refractivity contribution in [1.29, 1.82) is 0 Å². The van der Waals surface area contributed by atoms with Crippen LogP contribution in [-0.2, 0) is 17.6 Å². The molecule has 0 fully saturated rings. The summed E-state index contributed by atoms with van der Waals surface area (Å²) in [5, 5.41) is 3.38. The molecule has 2 amide bonds. The lowest BCUT2D eigenvalue weighted by Gasteiger charge is -2.36. The molecule has 2 heterocycles. The molecular formula is C21H26N2O3S. The van der Waals surface area contributed by atoms with Crippen LogP contribution < -0.4 is 11.1 Å². The van der Waals surface area contributed by atoms with Crippen LogP contribution in [0.15, 0.2) is 28.9 Å². The molecule has 3 rings (SSSR count). The minimum absolute atomic E-state index is 0.254. The molecule has 2 aromatic heterocycles. The molecule has 6 heteroatoms. The highest BCUT2D eigenvalue weighted by Crippen LogP contribution is 2.45. The molecule has 0 saturated heterocycles. The molecule has 1 aliphatic carbocycles. The van der Waals surface area contributed by atoms with Gasteiger partial charge in [0.15, 0.2) is 0 Å². The first kappa shape index (κ1) is 19.4. The first-order valence-electron chi connectivity index (χ1n) is 9.28. The van der Waals surface area contributed by atoms with Crippen molar-refractivity contribution in [3.63, 3.8) is 0 Å². The molecule has 1 aliphatic rings. The molecule has 3 N–H and O–H groups in total. The Bertz CT molecular complexity index is 862. The van der Waals surface area contributed by atoms with Gasteiger partial charge in [-0.25, -0.2) is 0 Å². The Hall–Kier alpha value is -2.34. The average molecular weight is 387 g/mol. The van der Waals surface area contributed by atoms with Crippen molar-refractivity contribution in [3.05, 3.63) is 46.2 Å². The van der Waals surface area contributed by atoms with Crippen LogP contribution in [0.25, 0.3) is 6.08 Å². The number of carbonyl (C=O) groups is 2. The summed E-state index contributed by atoms with van der Waals surface area (Å²) in [5.74, 6) is 0.371. The second-order valence-corrected chi connectivity index (χ2v) is 8.80. The molecule has 1 unspecified atom stereocenters. The number of primary amides is 1. The Morgan fingerprint density at radius 1 is 1.44 bits per heavy atom. The Morgan fingerprint density at radius 3 is 2.85 bits per heavy atom. The van der Waals surface area contributed by atoms with E-state index >= 15 is 0 Å². The standard InChI is InChI=1S/C21H26N2O3S/c1-4-21(2,3)13-7-9-15-16(12-13)27-20(18(15)19(22)25)23-17(24)10-8-14-6-5-11-26-14/h5-6,8,10-11,13H,4,7,9,12H2,1-3H3,(H2,22,25)(H,23,24). The van der Waals surface area contributed by atoms with E-state index in [2.05, 4.69) is 26.1 Å². The monoisotopic (exact) mass is 386 g/mol. The molecule has 5 nitrogen and oxygen atoms in total. The van der Waals surface area contributed by atoms with Gasteiger partial charge in [-0.05, 0) is 54.4 Å². The van der Waals surface area contributed by atoms with Gasteiger partial charge in [0.05, 0.1) is 11.8 Å². The molecule has 2 aromatic rings. The molecule has 0 aliphatic heterocycles. The van der Waals surface area contributed by atoms with E-state index in [-0.39, 0.29) is 11.3 Å². The van der Waals surface area contributed by atoms with E-state index in [4.69, 9.17) is 10.2 Å². The number of hydrogen-bond donors (Lipinski definition) is 2. The fourth-order valence-corrected chi connectivity index (χ4v) is 4.92. The minimum Gasteiger partial charge on any atom is -0.465 e. The number of thiophene rings is 1.